The van der Waals surface area contributed by atoms with Gasteiger partial charge in [-0.1, -0.05) is 19.8 Å². The molecule has 1 saturated carbocycles. The van der Waals surface area contributed by atoms with E-state index in [1.807, 2.05) is 30.1 Å². The fraction of sp³-hybridized carbons (Fsp3) is 0.455. The zero-order chi connectivity index (χ0) is 20.2. The summed E-state index contributed by atoms with van der Waals surface area (Å²) in [6.45, 7) is 2.33. The summed E-state index contributed by atoms with van der Waals surface area (Å²) in [7, 11) is 0. The molecule has 0 unspecified atom stereocenters. The summed E-state index contributed by atoms with van der Waals surface area (Å²) in [5.74, 6) is 0.0932. The average Bonchev–Trinajstić information content (AvgIpc) is 3.50. The van der Waals surface area contributed by atoms with Gasteiger partial charge in [0, 0.05) is 35.1 Å². The van der Waals surface area contributed by atoms with Crippen molar-refractivity contribution < 1.29 is 9.53 Å². The topological polar surface area (TPSA) is 96.6 Å². The third kappa shape index (κ3) is 3.75. The first-order chi connectivity index (χ1) is 14.2. The minimum Gasteiger partial charge on any atom is -0.462 e. The molecule has 3 heterocycles. The van der Waals surface area contributed by atoms with E-state index in [4.69, 9.17) is 4.74 Å². The number of fused-ring (bicyclic) bond motifs is 1. The highest BCUT2D eigenvalue weighted by molar-refractivity contribution is 6.06. The van der Waals surface area contributed by atoms with Crippen molar-refractivity contribution in [3.8, 4) is 17.2 Å². The summed E-state index contributed by atoms with van der Waals surface area (Å²) in [4.78, 5) is 20.1. The molecule has 1 N–H and O–H groups in total. The van der Waals surface area contributed by atoms with Crippen LogP contribution in [0.1, 0.15) is 61.8 Å². The Hall–Kier alpha value is -3.14. The third-order valence-corrected chi connectivity index (χ3v) is 5.72. The van der Waals surface area contributed by atoms with Crippen molar-refractivity contribution in [2.75, 3.05) is 6.61 Å². The number of nitrogens with one attached hydrogen (secondary N) is 1. The van der Waals surface area contributed by atoms with Gasteiger partial charge in [-0.3, -0.25) is 4.68 Å². The van der Waals surface area contributed by atoms with Gasteiger partial charge in [-0.25, -0.2) is 9.78 Å². The van der Waals surface area contributed by atoms with Crippen molar-refractivity contribution in [3.05, 3.63) is 36.4 Å². The second kappa shape index (κ2) is 8.48. The molecule has 0 amide bonds. The number of carbonyl (C=O) groups is 1. The molecule has 0 aromatic carbocycles. The predicted molar refractivity (Wildman–Crippen MR) is 109 cm³/mol. The minimum atomic E-state index is -0.380. The van der Waals surface area contributed by atoms with E-state index in [-0.39, 0.29) is 12.0 Å². The van der Waals surface area contributed by atoms with Crippen LogP contribution < -0.4 is 0 Å². The quantitative estimate of drug-likeness (QED) is 0.592. The number of hydrogen-bond acceptors (Lipinski definition) is 5. The number of aromatic amines is 1. The zero-order valence-corrected chi connectivity index (χ0v) is 16.6. The number of ether oxygens (including phenoxy) is 1. The number of rotatable bonds is 7. The highest BCUT2D eigenvalue weighted by Gasteiger charge is 2.28. The molecule has 7 heteroatoms. The van der Waals surface area contributed by atoms with Crippen molar-refractivity contribution in [2.24, 2.45) is 5.92 Å². The number of hydrogen-bond donors (Lipinski definition) is 1. The maximum Gasteiger partial charge on any atom is 0.340 e. The molecule has 1 fully saturated rings. The van der Waals surface area contributed by atoms with Crippen LogP contribution >= 0.6 is 0 Å². The van der Waals surface area contributed by atoms with E-state index in [0.29, 0.717) is 30.2 Å². The molecular weight excluding hydrogens is 366 g/mol. The molecule has 4 rings (SSSR count). The molecule has 7 nitrogen and oxygen atoms in total. The lowest BCUT2D eigenvalue weighted by Crippen LogP contribution is -2.17. The van der Waals surface area contributed by atoms with E-state index in [9.17, 15) is 10.1 Å². The fourth-order valence-electron chi connectivity index (χ4n) is 4.31. The second-order valence-electron chi connectivity index (χ2n) is 7.61. The first kappa shape index (κ1) is 19.2. The van der Waals surface area contributed by atoms with Crippen molar-refractivity contribution >= 4 is 17.0 Å². The van der Waals surface area contributed by atoms with Crippen LogP contribution in [0.5, 0.6) is 0 Å². The summed E-state index contributed by atoms with van der Waals surface area (Å²) in [6.07, 6.45) is 13.0. The molecule has 29 heavy (non-hydrogen) atoms. The number of nitrogens with zero attached hydrogens (tertiary/aromatic N) is 4. The predicted octanol–water partition coefficient (Wildman–Crippen LogP) is 4.64. The number of esters is 1. The largest absolute Gasteiger partial charge is 0.462 e. The summed E-state index contributed by atoms with van der Waals surface area (Å²) in [6, 6.07) is 4.30. The Bertz CT molecular complexity index is 1040. The van der Waals surface area contributed by atoms with Crippen LogP contribution in [-0.2, 0) is 4.74 Å². The van der Waals surface area contributed by atoms with Gasteiger partial charge in [0.2, 0.25) is 0 Å². The molecule has 1 aliphatic rings. The lowest BCUT2D eigenvalue weighted by Gasteiger charge is -2.21. The van der Waals surface area contributed by atoms with Crippen LogP contribution in [0.4, 0.5) is 0 Å². The molecule has 0 bridgehead atoms. The van der Waals surface area contributed by atoms with Crippen molar-refractivity contribution in [1.82, 2.24) is 19.7 Å². The maximum atomic E-state index is 12.7. The Morgan fingerprint density at radius 3 is 3.00 bits per heavy atom. The van der Waals surface area contributed by atoms with Gasteiger partial charge in [0.05, 0.1) is 36.9 Å². The van der Waals surface area contributed by atoms with Crippen LogP contribution in [0.2, 0.25) is 0 Å². The van der Waals surface area contributed by atoms with Crippen molar-refractivity contribution in [3.63, 3.8) is 0 Å². The Morgan fingerprint density at radius 2 is 2.24 bits per heavy atom. The Morgan fingerprint density at radius 1 is 1.41 bits per heavy atom. The standard InChI is InChI=1S/C22H25N5O2/c1-2-11-29-22(28)18-13-25-21-17(8-10-24-21)20(18)16-12-26-27(14-16)19(7-9-23)15-5-3-4-6-15/h8,10,12-15,19H,2-7,11H2,1H3,(H,24,25)/t19-/m1/s1. The summed E-state index contributed by atoms with van der Waals surface area (Å²) < 4.78 is 7.29. The van der Waals surface area contributed by atoms with E-state index in [0.717, 1.165) is 35.8 Å². The van der Waals surface area contributed by atoms with Gasteiger partial charge in [-0.05, 0) is 31.2 Å². The minimum absolute atomic E-state index is 0.0651. The van der Waals surface area contributed by atoms with Gasteiger partial charge in [-0.15, -0.1) is 0 Å². The lowest BCUT2D eigenvalue weighted by molar-refractivity contribution is 0.0506. The van der Waals surface area contributed by atoms with Gasteiger partial charge in [0.15, 0.2) is 0 Å². The SMILES string of the molecule is CCCOC(=O)c1cnc2[nH]ccc2c1-c1cnn([C@H](CC#N)C2CCCC2)c1. The smallest absolute Gasteiger partial charge is 0.340 e. The lowest BCUT2D eigenvalue weighted by atomic mass is 9.96. The number of carbonyl (C=O) groups excluding carboxylic acids is 1. The van der Waals surface area contributed by atoms with Crippen LogP contribution in [0, 0.1) is 17.2 Å². The molecule has 0 spiro atoms. The summed E-state index contributed by atoms with van der Waals surface area (Å²) in [5.41, 5.74) is 2.75. The van der Waals surface area contributed by atoms with Gasteiger partial charge in [0.1, 0.15) is 5.65 Å². The molecule has 1 aliphatic carbocycles. The van der Waals surface area contributed by atoms with Crippen LogP contribution in [0.3, 0.4) is 0 Å². The highest BCUT2D eigenvalue weighted by Crippen LogP contribution is 2.37. The molecule has 150 valence electrons. The van der Waals surface area contributed by atoms with E-state index in [2.05, 4.69) is 21.1 Å². The van der Waals surface area contributed by atoms with E-state index >= 15 is 0 Å². The Kier molecular flexibility index (Phi) is 5.61. The van der Waals surface area contributed by atoms with E-state index in [1.165, 1.54) is 12.8 Å². The molecule has 0 aliphatic heterocycles. The van der Waals surface area contributed by atoms with Gasteiger partial charge < -0.3 is 9.72 Å². The van der Waals surface area contributed by atoms with Crippen LogP contribution in [0.15, 0.2) is 30.9 Å². The molecule has 3 aromatic rings. The average molecular weight is 391 g/mol. The molecular formula is C22H25N5O2. The maximum absolute atomic E-state index is 12.7. The first-order valence-corrected chi connectivity index (χ1v) is 10.3. The van der Waals surface area contributed by atoms with E-state index < -0.39 is 0 Å². The molecule has 1 atom stereocenters. The zero-order valence-electron chi connectivity index (χ0n) is 16.6. The Balaban J connectivity index is 1.75. The van der Waals surface area contributed by atoms with Crippen molar-refractivity contribution in [2.45, 2.75) is 51.5 Å². The van der Waals surface area contributed by atoms with Crippen LogP contribution in [0.25, 0.3) is 22.2 Å². The number of aromatic nitrogens is 4. The number of nitriles is 1. The second-order valence-corrected chi connectivity index (χ2v) is 7.61. The summed E-state index contributed by atoms with van der Waals surface area (Å²) in [5, 5.41) is 14.8. The number of pyridine rings is 1. The fourth-order valence-corrected chi connectivity index (χ4v) is 4.31. The van der Waals surface area contributed by atoms with Gasteiger partial charge in [0.25, 0.3) is 0 Å². The Labute approximate surface area is 169 Å². The van der Waals surface area contributed by atoms with Crippen LogP contribution in [-0.4, -0.2) is 32.3 Å². The van der Waals surface area contributed by atoms with Gasteiger partial charge >= 0.3 is 5.97 Å². The number of H-pyrrole nitrogens is 1. The molecule has 0 saturated heterocycles. The molecule has 0 radical (unpaired) electrons. The monoisotopic (exact) mass is 391 g/mol. The van der Waals surface area contributed by atoms with Crippen molar-refractivity contribution in [1.29, 1.82) is 5.26 Å². The highest BCUT2D eigenvalue weighted by atomic mass is 16.5. The third-order valence-electron chi connectivity index (χ3n) is 5.72. The van der Waals surface area contributed by atoms with E-state index in [1.54, 1.807) is 12.4 Å². The normalized spacial score (nSPS) is 15.4. The summed E-state index contributed by atoms with van der Waals surface area (Å²) >= 11 is 0. The molecule has 3 aromatic heterocycles. The van der Waals surface area contributed by atoms with Gasteiger partial charge in [-0.2, -0.15) is 10.4 Å². The first-order valence-electron chi connectivity index (χ1n) is 10.3.